The van der Waals surface area contributed by atoms with Crippen LogP contribution < -0.4 is 4.74 Å². The van der Waals surface area contributed by atoms with E-state index in [4.69, 9.17) is 14.6 Å². The summed E-state index contributed by atoms with van der Waals surface area (Å²) in [6.07, 6.45) is -6.28. The van der Waals surface area contributed by atoms with Crippen molar-refractivity contribution in [2.45, 2.75) is 30.7 Å². The molecule has 1 aromatic rings. The number of aliphatic hydroxyl groups is 4. The summed E-state index contributed by atoms with van der Waals surface area (Å²) < 4.78 is 10.6. The zero-order chi connectivity index (χ0) is 13.1. The smallest absolute Gasteiger partial charge is 0.229 e. The molecule has 4 N–H and O–H groups in total. The van der Waals surface area contributed by atoms with E-state index in [1.165, 1.54) is 0 Å². The summed E-state index contributed by atoms with van der Waals surface area (Å²) in [5.41, 5.74) is 0. The number of hydrogen-bond acceptors (Lipinski definition) is 6. The first-order chi connectivity index (χ1) is 8.63. The van der Waals surface area contributed by atoms with Crippen molar-refractivity contribution in [3.8, 4) is 5.75 Å². The highest BCUT2D eigenvalue weighted by molar-refractivity contribution is 5.21. The number of ether oxygens (including phenoxy) is 2. The lowest BCUT2D eigenvalue weighted by Crippen LogP contribution is -2.60. The van der Waals surface area contributed by atoms with Crippen molar-refractivity contribution < 1.29 is 29.9 Å². The topological polar surface area (TPSA) is 99.4 Å². The van der Waals surface area contributed by atoms with Gasteiger partial charge in [0.2, 0.25) is 6.29 Å². The quantitative estimate of drug-likeness (QED) is 0.546. The number of benzene rings is 1. The van der Waals surface area contributed by atoms with E-state index in [0.717, 1.165) is 0 Å². The molecule has 4 unspecified atom stereocenters. The first-order valence-electron chi connectivity index (χ1n) is 5.65. The molecule has 0 spiro atoms. The summed E-state index contributed by atoms with van der Waals surface area (Å²) in [5, 5.41) is 37.9. The molecule has 100 valence electrons. The molecule has 6 heteroatoms. The van der Waals surface area contributed by atoms with E-state index in [0.29, 0.717) is 5.75 Å². The minimum absolute atomic E-state index is 0.460. The lowest BCUT2D eigenvalue weighted by molar-refractivity contribution is -0.277. The fourth-order valence-electron chi connectivity index (χ4n) is 1.80. The van der Waals surface area contributed by atoms with Crippen molar-refractivity contribution in [1.29, 1.82) is 0 Å². The highest BCUT2D eigenvalue weighted by Crippen LogP contribution is 2.23. The second-order valence-electron chi connectivity index (χ2n) is 4.13. The summed E-state index contributed by atoms with van der Waals surface area (Å²) >= 11 is 0. The maximum atomic E-state index is 9.74. The molecule has 0 saturated carbocycles. The standard InChI is InChI=1S/C12H16O6/c13-6-8-9(14)10(15)11(16)12(18-8)17-7-4-2-1-3-5-7/h1-5,8-16H,6H2/t8?,9?,10?,11-,12?/m0/s1. The van der Waals surface area contributed by atoms with Gasteiger partial charge in [0.25, 0.3) is 0 Å². The highest BCUT2D eigenvalue weighted by atomic mass is 16.7. The molecule has 1 heterocycles. The summed E-state index contributed by atoms with van der Waals surface area (Å²) in [7, 11) is 0. The maximum absolute atomic E-state index is 9.74. The van der Waals surface area contributed by atoms with E-state index in [-0.39, 0.29) is 0 Å². The van der Waals surface area contributed by atoms with Crippen LogP contribution in [0.5, 0.6) is 5.75 Å². The average Bonchev–Trinajstić information content (AvgIpc) is 2.40. The molecule has 0 amide bonds. The Bertz CT molecular complexity index is 368. The summed E-state index contributed by atoms with van der Waals surface area (Å²) in [6.45, 7) is -0.473. The van der Waals surface area contributed by atoms with Crippen molar-refractivity contribution in [2.75, 3.05) is 6.61 Å². The van der Waals surface area contributed by atoms with Gasteiger partial charge < -0.3 is 29.9 Å². The zero-order valence-corrected chi connectivity index (χ0v) is 9.59. The molecule has 1 saturated heterocycles. The lowest BCUT2D eigenvalue weighted by atomic mass is 9.99. The van der Waals surface area contributed by atoms with Crippen LogP contribution >= 0.6 is 0 Å². The van der Waals surface area contributed by atoms with E-state index in [1.54, 1.807) is 30.3 Å². The third-order valence-corrected chi connectivity index (χ3v) is 2.84. The minimum atomic E-state index is -1.43. The Morgan fingerprint density at radius 1 is 1.00 bits per heavy atom. The van der Waals surface area contributed by atoms with Gasteiger partial charge >= 0.3 is 0 Å². The van der Waals surface area contributed by atoms with Crippen molar-refractivity contribution in [1.82, 2.24) is 0 Å². The number of para-hydroxylation sites is 1. The van der Waals surface area contributed by atoms with Crippen LogP contribution in [-0.2, 0) is 4.74 Å². The molecule has 1 fully saturated rings. The molecule has 0 bridgehead atoms. The zero-order valence-electron chi connectivity index (χ0n) is 9.59. The van der Waals surface area contributed by atoms with Crippen LogP contribution in [0.1, 0.15) is 0 Å². The molecular formula is C12H16O6. The van der Waals surface area contributed by atoms with Crippen molar-refractivity contribution in [2.24, 2.45) is 0 Å². The number of rotatable bonds is 3. The molecule has 0 aliphatic carbocycles. The van der Waals surface area contributed by atoms with Gasteiger partial charge in [0, 0.05) is 0 Å². The maximum Gasteiger partial charge on any atom is 0.229 e. The predicted octanol–water partition coefficient (Wildman–Crippen LogP) is -1.13. The molecule has 6 nitrogen and oxygen atoms in total. The fraction of sp³-hybridized carbons (Fsp3) is 0.500. The molecule has 5 atom stereocenters. The van der Waals surface area contributed by atoms with Gasteiger partial charge in [0.15, 0.2) is 0 Å². The third-order valence-electron chi connectivity index (χ3n) is 2.84. The second-order valence-corrected chi connectivity index (χ2v) is 4.13. The van der Waals surface area contributed by atoms with Crippen LogP contribution in [0.25, 0.3) is 0 Å². The molecule has 0 radical (unpaired) electrons. The Kier molecular flexibility index (Phi) is 4.15. The second kappa shape index (κ2) is 5.64. The van der Waals surface area contributed by atoms with E-state index in [9.17, 15) is 15.3 Å². The molecular weight excluding hydrogens is 240 g/mol. The van der Waals surface area contributed by atoms with E-state index in [1.807, 2.05) is 0 Å². The van der Waals surface area contributed by atoms with Gasteiger partial charge in [-0.3, -0.25) is 0 Å². The monoisotopic (exact) mass is 256 g/mol. The van der Waals surface area contributed by atoms with Gasteiger partial charge in [-0.2, -0.15) is 0 Å². The van der Waals surface area contributed by atoms with Gasteiger partial charge in [-0.25, -0.2) is 0 Å². The van der Waals surface area contributed by atoms with Crippen molar-refractivity contribution in [3.05, 3.63) is 30.3 Å². The van der Waals surface area contributed by atoms with E-state index >= 15 is 0 Å². The molecule has 2 rings (SSSR count). The Morgan fingerprint density at radius 3 is 2.28 bits per heavy atom. The van der Waals surface area contributed by atoms with Crippen LogP contribution in [0.4, 0.5) is 0 Å². The number of aliphatic hydroxyl groups excluding tert-OH is 4. The van der Waals surface area contributed by atoms with E-state index in [2.05, 4.69) is 0 Å². The van der Waals surface area contributed by atoms with Gasteiger partial charge in [0.05, 0.1) is 6.61 Å². The third kappa shape index (κ3) is 2.63. The van der Waals surface area contributed by atoms with Crippen LogP contribution in [0.15, 0.2) is 30.3 Å². The van der Waals surface area contributed by atoms with Gasteiger partial charge in [-0.05, 0) is 12.1 Å². The Labute approximate surface area is 104 Å². The molecule has 1 aliphatic rings. The molecule has 1 aromatic carbocycles. The molecule has 1 aliphatic heterocycles. The first kappa shape index (κ1) is 13.3. The van der Waals surface area contributed by atoms with Gasteiger partial charge in [0.1, 0.15) is 30.2 Å². The predicted molar refractivity (Wildman–Crippen MR) is 60.8 cm³/mol. The summed E-state index contributed by atoms with van der Waals surface area (Å²) in [6, 6.07) is 8.64. The number of hydrogen-bond donors (Lipinski definition) is 4. The average molecular weight is 256 g/mol. The highest BCUT2D eigenvalue weighted by Gasteiger charge is 2.44. The summed E-state index contributed by atoms with van der Waals surface area (Å²) in [4.78, 5) is 0. The van der Waals surface area contributed by atoms with Crippen molar-refractivity contribution >= 4 is 0 Å². The lowest BCUT2D eigenvalue weighted by Gasteiger charge is -2.39. The minimum Gasteiger partial charge on any atom is -0.462 e. The van der Waals surface area contributed by atoms with Crippen LogP contribution in [0.2, 0.25) is 0 Å². The van der Waals surface area contributed by atoms with Gasteiger partial charge in [-0.1, -0.05) is 18.2 Å². The Morgan fingerprint density at radius 2 is 1.67 bits per heavy atom. The Hall–Kier alpha value is -1.18. The van der Waals surface area contributed by atoms with Gasteiger partial charge in [-0.15, -0.1) is 0 Å². The summed E-state index contributed by atoms with van der Waals surface area (Å²) in [5.74, 6) is 0.460. The largest absolute Gasteiger partial charge is 0.462 e. The van der Waals surface area contributed by atoms with Crippen LogP contribution in [0.3, 0.4) is 0 Å². The van der Waals surface area contributed by atoms with E-state index < -0.39 is 37.3 Å². The Balaban J connectivity index is 2.08. The first-order valence-corrected chi connectivity index (χ1v) is 5.65. The van der Waals surface area contributed by atoms with Crippen molar-refractivity contribution in [3.63, 3.8) is 0 Å². The molecule has 18 heavy (non-hydrogen) atoms. The normalized spacial score (nSPS) is 36.3. The van der Waals surface area contributed by atoms with Crippen LogP contribution in [0, 0.1) is 0 Å². The fourth-order valence-corrected chi connectivity index (χ4v) is 1.80. The molecule has 0 aromatic heterocycles. The SMILES string of the molecule is OCC1OC(Oc2ccccc2)[C@@H](O)C(O)C1O. The van der Waals surface area contributed by atoms with Crippen LogP contribution in [-0.4, -0.2) is 57.7 Å².